The van der Waals surface area contributed by atoms with E-state index in [1.54, 1.807) is 7.05 Å². The molecular formula is C23H33N10O19P3-4. The maximum absolute atomic E-state index is 12.0. The number of aryl methyl sites for hydroxylation is 2. The lowest BCUT2D eigenvalue weighted by atomic mass is 10.1. The van der Waals surface area contributed by atoms with Crippen LogP contribution in [0.5, 0.6) is 11.8 Å². The number of phosphoric acid groups is 3. The first-order valence-electron chi connectivity index (χ1n) is 14.7. The van der Waals surface area contributed by atoms with Crippen LogP contribution >= 0.6 is 23.5 Å². The molecule has 0 aromatic carbocycles. The van der Waals surface area contributed by atoms with Gasteiger partial charge in [0.25, 0.3) is 27.5 Å². The normalized spacial score (nSPS) is 27.7. The first kappa shape index (κ1) is 44.1. The molecule has 308 valence electrons. The zero-order valence-corrected chi connectivity index (χ0v) is 29.9. The van der Waals surface area contributed by atoms with Crippen molar-refractivity contribution in [1.29, 1.82) is 0 Å². The Balaban J connectivity index is 0.000000263. The topological polar surface area (TPSA) is 458 Å². The van der Waals surface area contributed by atoms with Crippen molar-refractivity contribution < 1.29 is 101 Å². The van der Waals surface area contributed by atoms with Gasteiger partial charge < -0.3 is 85.3 Å². The van der Waals surface area contributed by atoms with Crippen LogP contribution in [0.1, 0.15) is 19.9 Å². The van der Waals surface area contributed by atoms with Gasteiger partial charge in [0.15, 0.2) is 23.7 Å². The van der Waals surface area contributed by atoms with Crippen molar-refractivity contribution in [3.63, 3.8) is 0 Å². The van der Waals surface area contributed by atoms with Crippen molar-refractivity contribution >= 4 is 57.7 Å². The molecule has 6 heterocycles. The van der Waals surface area contributed by atoms with Crippen LogP contribution in [0.2, 0.25) is 0 Å². The first-order valence-corrected chi connectivity index (χ1v) is 19.1. The largest absolute Gasteiger partial charge is 0.856 e. The molecule has 0 spiro atoms. The highest BCUT2D eigenvalue weighted by Crippen LogP contribution is 2.60. The van der Waals surface area contributed by atoms with Crippen LogP contribution < -0.4 is 50.4 Å². The maximum Gasteiger partial charge on any atom is 0.309 e. The lowest BCUT2D eigenvalue weighted by Gasteiger charge is -2.37. The quantitative estimate of drug-likeness (QED) is 0.0575. The molecule has 9 N–H and O–H groups in total. The second-order valence-corrected chi connectivity index (χ2v) is 15.7. The predicted molar refractivity (Wildman–Crippen MR) is 162 cm³/mol. The molecule has 32 heteroatoms. The van der Waals surface area contributed by atoms with E-state index in [1.165, 1.54) is 33.4 Å². The molecule has 55 heavy (non-hydrogen) atoms. The molecule has 4 aromatic heterocycles. The molecule has 0 radical (unpaired) electrons. The van der Waals surface area contributed by atoms with Gasteiger partial charge in [0.2, 0.25) is 12.5 Å². The van der Waals surface area contributed by atoms with Crippen LogP contribution in [0.15, 0.2) is 12.7 Å². The van der Waals surface area contributed by atoms with E-state index < -0.39 is 103 Å². The Labute approximate surface area is 307 Å². The highest BCUT2D eigenvalue weighted by atomic mass is 31.3. The minimum Gasteiger partial charge on any atom is -0.856 e. The Morgan fingerprint density at radius 3 is 1.56 bits per heavy atom. The van der Waals surface area contributed by atoms with Gasteiger partial charge in [-0.2, -0.15) is 0 Å². The number of nitrogens with zero attached hydrogens (tertiary/aromatic N) is 8. The predicted octanol–water partition coefficient (Wildman–Crippen LogP) is -8.49. The van der Waals surface area contributed by atoms with Crippen molar-refractivity contribution in [3.05, 3.63) is 12.7 Å². The third-order valence-corrected chi connectivity index (χ3v) is 11.4. The third kappa shape index (κ3) is 9.36. The summed E-state index contributed by atoms with van der Waals surface area (Å²) in [6.45, 7) is -1.57. The van der Waals surface area contributed by atoms with E-state index in [4.69, 9.17) is 26.0 Å². The highest BCUT2D eigenvalue weighted by molar-refractivity contribution is 7.64. The number of phosphoric ester groups is 1. The zero-order valence-electron chi connectivity index (χ0n) is 27.2. The van der Waals surface area contributed by atoms with Gasteiger partial charge >= 0.3 is 11.3 Å². The number of nitrogen functional groups attached to an aromatic ring is 2. The smallest absolute Gasteiger partial charge is 0.309 e. The first-order chi connectivity index (χ1) is 24.9. The molecule has 2 aliphatic rings. The number of rotatable bonds is 10. The van der Waals surface area contributed by atoms with Crippen molar-refractivity contribution in [2.45, 2.75) is 56.5 Å². The summed E-state index contributed by atoms with van der Waals surface area (Å²) in [4.78, 5) is 58.4. The molecule has 4 aromatic rings. The Morgan fingerprint density at radius 2 is 1.16 bits per heavy atom. The van der Waals surface area contributed by atoms with Gasteiger partial charge in [0, 0.05) is 11.8 Å². The lowest BCUT2D eigenvalue weighted by molar-refractivity contribution is -0.746. The Kier molecular flexibility index (Phi) is 12.9. The van der Waals surface area contributed by atoms with E-state index in [0.717, 1.165) is 4.57 Å². The van der Waals surface area contributed by atoms with E-state index in [2.05, 4.69) is 33.1 Å². The molecule has 0 bridgehead atoms. The van der Waals surface area contributed by atoms with E-state index >= 15 is 0 Å². The summed E-state index contributed by atoms with van der Waals surface area (Å²) >= 11 is 0. The molecule has 10 atom stereocenters. The molecule has 0 amide bonds. The summed E-state index contributed by atoms with van der Waals surface area (Å²) in [5.41, 5.74) is 11.2. The Bertz CT molecular complexity index is 2190. The van der Waals surface area contributed by atoms with Crippen molar-refractivity contribution in [2.24, 2.45) is 14.1 Å². The van der Waals surface area contributed by atoms with Crippen molar-refractivity contribution in [3.8, 4) is 11.8 Å². The number of fused-ring (bicyclic) bond motifs is 2. The molecule has 2 aliphatic heterocycles. The summed E-state index contributed by atoms with van der Waals surface area (Å²) < 4.78 is 59.8. The number of aromatic nitrogens is 8. The zero-order chi connectivity index (χ0) is 40.2. The maximum atomic E-state index is 12.0. The van der Waals surface area contributed by atoms with Gasteiger partial charge in [0.05, 0.1) is 35.1 Å². The van der Waals surface area contributed by atoms with Crippen LogP contribution in [-0.2, 0) is 50.4 Å². The summed E-state index contributed by atoms with van der Waals surface area (Å²) in [5, 5.41) is 73.4. The van der Waals surface area contributed by atoms with Crippen LogP contribution in [0.25, 0.3) is 22.3 Å². The fourth-order valence-electron chi connectivity index (χ4n) is 5.48. The number of imidazole rings is 2. The van der Waals surface area contributed by atoms with Gasteiger partial charge in [-0.15, -0.1) is 0 Å². The monoisotopic (exact) mass is 846 g/mol. The summed E-state index contributed by atoms with van der Waals surface area (Å²) in [7, 11) is -15.1. The van der Waals surface area contributed by atoms with Gasteiger partial charge in [-0.25, -0.2) is 23.4 Å². The fraction of sp³-hybridized carbons (Fsp3) is 0.565. The second-order valence-electron chi connectivity index (χ2n) is 11.5. The molecule has 29 nitrogen and oxygen atoms in total. The van der Waals surface area contributed by atoms with Crippen LogP contribution in [0.3, 0.4) is 0 Å². The molecule has 4 unspecified atom stereocenters. The number of anilines is 2. The number of hydrogen-bond acceptors (Lipinski definition) is 25. The van der Waals surface area contributed by atoms with Gasteiger partial charge in [-0.05, 0) is 0 Å². The van der Waals surface area contributed by atoms with Gasteiger partial charge in [0.1, 0.15) is 36.6 Å². The van der Waals surface area contributed by atoms with E-state index in [0.29, 0.717) is 0 Å². The molecule has 0 saturated carbocycles. The summed E-state index contributed by atoms with van der Waals surface area (Å²) in [5.74, 6) is -1.89. The fourth-order valence-corrected chi connectivity index (χ4v) is 8.35. The average molecular weight is 846 g/mol. The number of aliphatic hydroxyl groups excluding tert-OH is 5. The number of ether oxygens (including phenoxy) is 2. The number of nitrogens with two attached hydrogens (primary N) is 2. The third-order valence-electron chi connectivity index (χ3n) is 7.69. The van der Waals surface area contributed by atoms with Crippen molar-refractivity contribution in [1.82, 2.24) is 29.1 Å². The van der Waals surface area contributed by atoms with E-state index in [-0.39, 0.29) is 35.7 Å². The van der Waals surface area contributed by atoms with E-state index in [9.17, 15) is 63.9 Å². The minimum absolute atomic E-state index is 0. The molecule has 6 rings (SSSR count). The van der Waals surface area contributed by atoms with Gasteiger partial charge in [-0.3, -0.25) is 22.6 Å². The second kappa shape index (κ2) is 16.1. The van der Waals surface area contributed by atoms with Crippen LogP contribution in [-0.4, -0.2) is 104 Å². The number of hydrogen-bond donors (Lipinski definition) is 7. The summed E-state index contributed by atoms with van der Waals surface area (Å²) in [6.07, 6.45) is -8.27. The molecule has 0 aliphatic carbocycles. The molecule has 2 saturated heterocycles. The molecule has 2 fully saturated rings. The molecular weight excluding hydrogens is 813 g/mol. The Hall–Kier alpha value is -3.57. The summed E-state index contributed by atoms with van der Waals surface area (Å²) in [6, 6.07) is 0. The average Bonchev–Trinajstić information content (AvgIpc) is 3.71. The van der Waals surface area contributed by atoms with Gasteiger partial charge in [-0.1, -0.05) is 17.4 Å². The number of aliphatic hydroxyl groups is 5. The SMILES string of the molecule is C.Cn1c[n+]([C@@H]2O[C@H](CO)C(O)[C@@H]2O)c2nc(N)nc([O-])c21.Cn1c[n+]([C@@H]2O[C@H](COP(=O)([O-])OP(=O)([O-])OP(=O)([O-])[O-])C(O)[C@@H]2O)c2nc(N)nc([O-])c21. The minimum atomic E-state index is -6.17. The standard InChI is InChI=1S/C11H18N5O14P3.C11H15N5O5.CH4/c1-15-3-16(8-5(15)9(19)14-11(12)13-8)10-7(18)6(17)4(28-10)2-27-32(23,24)30-33(25,26)29-31(20,21)22;1-15-3-16(8-5(15)9(20)14-11(12)13-8)10-7(19)6(18)4(2-17)21-10;/h3-4,6-7,10,17-18H,2H2,1H3,(H6-,12,13,14,19,20,21,22,23,24,25,26);3-4,6-7,10,17-19H,2H2,1H3,(H2-,12,13,14,20);1H4/p-4/t2*4-,6?,7+,10-;/m11./s1. The van der Waals surface area contributed by atoms with Crippen LogP contribution in [0, 0.1) is 0 Å². The van der Waals surface area contributed by atoms with Crippen molar-refractivity contribution in [2.75, 3.05) is 24.7 Å². The highest BCUT2D eigenvalue weighted by Gasteiger charge is 2.48. The van der Waals surface area contributed by atoms with E-state index in [1.807, 2.05) is 0 Å². The Morgan fingerprint density at radius 1 is 0.745 bits per heavy atom. The lowest BCUT2D eigenvalue weighted by Crippen LogP contribution is -2.46. The van der Waals surface area contributed by atoms with Crippen LogP contribution in [0.4, 0.5) is 11.9 Å².